The van der Waals surface area contributed by atoms with Gasteiger partial charge in [-0.3, -0.25) is 4.79 Å². The maximum atomic E-state index is 11.6. The molecular weight excluding hydrogens is 211 g/mol. The Morgan fingerprint density at radius 2 is 2.15 bits per heavy atom. The number of alkyl halides is 4. The van der Waals surface area contributed by atoms with E-state index in [2.05, 4.69) is 4.74 Å². The van der Waals surface area contributed by atoms with Crippen LogP contribution >= 0.6 is 11.6 Å². The van der Waals surface area contributed by atoms with Gasteiger partial charge >= 0.3 is 12.1 Å². The molecule has 0 heterocycles. The minimum absolute atomic E-state index is 0.270. The van der Waals surface area contributed by atoms with E-state index >= 15 is 0 Å². The Hall–Kier alpha value is -0.490. The van der Waals surface area contributed by atoms with E-state index in [0.29, 0.717) is 0 Å². The molecule has 0 aliphatic rings. The second-order valence-corrected chi connectivity index (χ2v) is 2.76. The molecule has 0 radical (unpaired) electrons. The minimum Gasteiger partial charge on any atom is -0.468 e. The molecule has 0 aliphatic heterocycles. The molecule has 0 saturated heterocycles. The van der Waals surface area contributed by atoms with Crippen LogP contribution in [0.2, 0.25) is 0 Å². The number of nitrogens with one attached hydrogen (secondary N) is 1. The van der Waals surface area contributed by atoms with E-state index in [9.17, 15) is 18.0 Å². The van der Waals surface area contributed by atoms with Crippen LogP contribution < -0.4 is 5.32 Å². The highest BCUT2D eigenvalue weighted by atomic mass is 35.5. The van der Waals surface area contributed by atoms with Crippen molar-refractivity contribution in [3.05, 3.63) is 0 Å². The highest BCUT2D eigenvalue weighted by Crippen LogP contribution is 2.12. The first-order valence-electron chi connectivity index (χ1n) is 3.36. The molecule has 3 nitrogen and oxygen atoms in total. The summed E-state index contributed by atoms with van der Waals surface area (Å²) in [7, 11) is 1.11. The Morgan fingerprint density at radius 3 is 2.54 bits per heavy atom. The zero-order valence-corrected chi connectivity index (χ0v) is 7.58. The van der Waals surface area contributed by atoms with Crippen LogP contribution in [0.4, 0.5) is 13.2 Å². The van der Waals surface area contributed by atoms with Crippen LogP contribution in [0.3, 0.4) is 0 Å². The highest BCUT2D eigenvalue weighted by molar-refractivity contribution is 6.30. The SMILES string of the molecule is COC(=O)C(Cl)CNCC(F)(F)F. The van der Waals surface area contributed by atoms with Crippen molar-refractivity contribution >= 4 is 17.6 Å². The second kappa shape index (κ2) is 5.29. The van der Waals surface area contributed by atoms with Gasteiger partial charge in [-0.05, 0) is 0 Å². The van der Waals surface area contributed by atoms with Gasteiger partial charge in [-0.2, -0.15) is 13.2 Å². The van der Waals surface area contributed by atoms with Crippen LogP contribution in [0.1, 0.15) is 0 Å². The number of hydrogen-bond donors (Lipinski definition) is 1. The Morgan fingerprint density at radius 1 is 1.62 bits per heavy atom. The van der Waals surface area contributed by atoms with Gasteiger partial charge in [0.05, 0.1) is 13.7 Å². The smallest absolute Gasteiger partial charge is 0.401 e. The first kappa shape index (κ1) is 12.5. The van der Waals surface area contributed by atoms with Crippen LogP contribution in [0.25, 0.3) is 0 Å². The summed E-state index contributed by atoms with van der Waals surface area (Å²) in [4.78, 5) is 10.6. The van der Waals surface area contributed by atoms with Crippen LogP contribution in [0.15, 0.2) is 0 Å². The van der Waals surface area contributed by atoms with Gasteiger partial charge in [-0.25, -0.2) is 0 Å². The van der Waals surface area contributed by atoms with Crippen LogP contribution in [-0.2, 0) is 9.53 Å². The molecule has 0 bridgehead atoms. The van der Waals surface area contributed by atoms with Crippen LogP contribution in [-0.4, -0.2) is 37.7 Å². The van der Waals surface area contributed by atoms with Gasteiger partial charge < -0.3 is 10.1 Å². The molecule has 0 fully saturated rings. The van der Waals surface area contributed by atoms with Gasteiger partial charge in [0, 0.05) is 6.54 Å². The summed E-state index contributed by atoms with van der Waals surface area (Å²) >= 11 is 5.36. The van der Waals surface area contributed by atoms with E-state index in [1.807, 2.05) is 5.32 Å². The first-order chi connectivity index (χ1) is 5.87. The molecule has 0 spiro atoms. The molecule has 13 heavy (non-hydrogen) atoms. The second-order valence-electron chi connectivity index (χ2n) is 2.24. The Balaban J connectivity index is 3.59. The summed E-state index contributed by atoms with van der Waals surface area (Å²) in [6.45, 7) is -1.44. The van der Waals surface area contributed by atoms with E-state index in [1.54, 1.807) is 0 Å². The molecule has 0 aromatic rings. The molecular formula is C6H9ClF3NO2. The molecule has 1 atom stereocenters. The predicted molar refractivity (Wildman–Crippen MR) is 40.6 cm³/mol. The lowest BCUT2D eigenvalue weighted by Crippen LogP contribution is -2.36. The van der Waals surface area contributed by atoms with E-state index < -0.39 is 24.1 Å². The average Bonchev–Trinajstić information content (AvgIpc) is 2.00. The largest absolute Gasteiger partial charge is 0.468 e. The molecule has 0 saturated carbocycles. The third kappa shape index (κ3) is 6.65. The number of rotatable bonds is 4. The lowest BCUT2D eigenvalue weighted by Gasteiger charge is -2.10. The molecule has 78 valence electrons. The summed E-state index contributed by atoms with van der Waals surface area (Å²) in [5, 5.41) is 0.892. The fourth-order valence-corrected chi connectivity index (χ4v) is 0.750. The lowest BCUT2D eigenvalue weighted by molar-refractivity contribution is -0.141. The van der Waals surface area contributed by atoms with Crippen LogP contribution in [0.5, 0.6) is 0 Å². The Bertz CT molecular complexity index is 174. The maximum absolute atomic E-state index is 11.6. The minimum atomic E-state index is -4.30. The quantitative estimate of drug-likeness (QED) is 0.565. The Labute approximate surface area is 78.2 Å². The summed E-state index contributed by atoms with van der Waals surface area (Å²) in [5.41, 5.74) is 0. The van der Waals surface area contributed by atoms with Crippen molar-refractivity contribution in [3.63, 3.8) is 0 Å². The fourth-order valence-electron chi connectivity index (χ4n) is 0.552. The van der Waals surface area contributed by atoms with Gasteiger partial charge in [0.2, 0.25) is 0 Å². The average molecular weight is 220 g/mol. The summed E-state index contributed by atoms with van der Waals surface area (Å²) < 4.78 is 38.9. The van der Waals surface area contributed by atoms with Gasteiger partial charge in [0.1, 0.15) is 5.38 Å². The van der Waals surface area contributed by atoms with Crippen molar-refractivity contribution in [2.45, 2.75) is 11.6 Å². The normalized spacial score (nSPS) is 13.9. The number of carbonyl (C=O) groups is 1. The standard InChI is InChI=1S/C6H9ClF3NO2/c1-13-5(12)4(7)2-11-3-6(8,9)10/h4,11H,2-3H2,1H3. The zero-order valence-electron chi connectivity index (χ0n) is 6.82. The van der Waals surface area contributed by atoms with Gasteiger partial charge in [0.15, 0.2) is 0 Å². The fraction of sp³-hybridized carbons (Fsp3) is 0.833. The third-order valence-corrected chi connectivity index (χ3v) is 1.44. The number of ether oxygens (including phenoxy) is 1. The zero-order chi connectivity index (χ0) is 10.5. The van der Waals surface area contributed by atoms with Crippen molar-refractivity contribution in [1.29, 1.82) is 0 Å². The monoisotopic (exact) mass is 219 g/mol. The molecule has 1 unspecified atom stereocenters. The molecule has 0 aromatic heterocycles. The summed E-state index contributed by atoms with van der Waals surface area (Å²) in [6, 6.07) is 0. The van der Waals surface area contributed by atoms with Crippen molar-refractivity contribution in [1.82, 2.24) is 5.32 Å². The van der Waals surface area contributed by atoms with Crippen molar-refractivity contribution < 1.29 is 22.7 Å². The van der Waals surface area contributed by atoms with Crippen molar-refractivity contribution in [2.75, 3.05) is 20.2 Å². The van der Waals surface area contributed by atoms with Gasteiger partial charge in [0.25, 0.3) is 0 Å². The van der Waals surface area contributed by atoms with E-state index in [1.165, 1.54) is 0 Å². The highest BCUT2D eigenvalue weighted by Gasteiger charge is 2.27. The van der Waals surface area contributed by atoms with E-state index in [-0.39, 0.29) is 6.54 Å². The van der Waals surface area contributed by atoms with E-state index in [4.69, 9.17) is 11.6 Å². The topological polar surface area (TPSA) is 38.3 Å². The third-order valence-electron chi connectivity index (χ3n) is 1.11. The molecule has 0 aliphatic carbocycles. The number of hydrogen-bond acceptors (Lipinski definition) is 3. The molecule has 7 heteroatoms. The number of halogens is 4. The molecule has 0 amide bonds. The van der Waals surface area contributed by atoms with Gasteiger partial charge in [-0.1, -0.05) is 0 Å². The van der Waals surface area contributed by atoms with E-state index in [0.717, 1.165) is 7.11 Å². The number of methoxy groups -OCH3 is 1. The number of esters is 1. The summed E-state index contributed by atoms with van der Waals surface area (Å²) in [6.07, 6.45) is -4.30. The number of carbonyl (C=O) groups excluding carboxylic acids is 1. The summed E-state index contributed by atoms with van der Waals surface area (Å²) in [5.74, 6) is -0.753. The lowest BCUT2D eigenvalue weighted by atomic mass is 10.4. The molecule has 0 aromatic carbocycles. The molecule has 0 rings (SSSR count). The van der Waals surface area contributed by atoms with Gasteiger partial charge in [-0.15, -0.1) is 11.6 Å². The Kier molecular flexibility index (Phi) is 5.09. The predicted octanol–water partition coefficient (Wildman–Crippen LogP) is 0.919. The first-order valence-corrected chi connectivity index (χ1v) is 3.80. The van der Waals surface area contributed by atoms with Crippen molar-refractivity contribution in [2.24, 2.45) is 0 Å². The maximum Gasteiger partial charge on any atom is 0.401 e. The van der Waals surface area contributed by atoms with Crippen molar-refractivity contribution in [3.8, 4) is 0 Å². The molecule has 1 N–H and O–H groups in total. The van der Waals surface area contributed by atoms with Crippen LogP contribution in [0, 0.1) is 0 Å².